The lowest BCUT2D eigenvalue weighted by Crippen LogP contribution is -2.39. The summed E-state index contributed by atoms with van der Waals surface area (Å²) in [6, 6.07) is 15.3. The first-order valence-electron chi connectivity index (χ1n) is 18.4. The first kappa shape index (κ1) is 41.0. The molecule has 304 valence electrons. The molecule has 2 amide bonds. The maximum atomic E-state index is 13.5. The third-order valence-corrected chi connectivity index (χ3v) is 11.1. The molecule has 0 radical (unpaired) electrons. The van der Waals surface area contributed by atoms with Crippen LogP contribution < -0.4 is 0 Å². The average molecular weight is 846 g/mol. The van der Waals surface area contributed by atoms with E-state index in [1.165, 1.54) is 30.3 Å². The molecule has 8 rings (SSSR count). The Balaban J connectivity index is 0.000000177. The number of aromatic nitrogens is 6. The number of hydrogen-bond acceptors (Lipinski definition) is 6. The monoisotopic (exact) mass is 844 g/mol. The number of likely N-dealkylation sites (tertiary alicyclic amines) is 2. The summed E-state index contributed by atoms with van der Waals surface area (Å²) in [6.07, 6.45) is -3.69. The highest BCUT2D eigenvalue weighted by molar-refractivity contribution is 6.31. The molecule has 6 heterocycles. The number of alkyl halides is 6. The number of nitrogens with zero attached hydrogens (tertiary/aromatic N) is 8. The molecule has 58 heavy (non-hydrogen) atoms. The van der Waals surface area contributed by atoms with Crippen molar-refractivity contribution in [3.63, 3.8) is 0 Å². The van der Waals surface area contributed by atoms with Gasteiger partial charge >= 0.3 is 12.4 Å². The maximum absolute atomic E-state index is 13.5. The minimum Gasteiger partial charge on any atom is -0.336 e. The van der Waals surface area contributed by atoms with Crippen LogP contribution in [0.2, 0.25) is 10.0 Å². The zero-order valence-electron chi connectivity index (χ0n) is 31.2. The molecule has 10 nitrogen and oxygen atoms in total. The van der Waals surface area contributed by atoms with E-state index in [0.717, 1.165) is 17.2 Å². The fourth-order valence-electron chi connectivity index (χ4n) is 7.67. The Kier molecular flexibility index (Phi) is 11.4. The Morgan fingerprint density at radius 3 is 1.57 bits per heavy atom. The molecular weight excluding hydrogens is 809 g/mol. The first-order valence-corrected chi connectivity index (χ1v) is 19.2. The number of piperidine rings is 2. The lowest BCUT2D eigenvalue weighted by atomic mass is 9.86. The van der Waals surface area contributed by atoms with Gasteiger partial charge in [0.2, 0.25) is 11.6 Å². The third-order valence-electron chi connectivity index (χ3n) is 10.6. The number of pyridine rings is 2. The van der Waals surface area contributed by atoms with E-state index in [9.17, 15) is 35.9 Å². The summed E-state index contributed by atoms with van der Waals surface area (Å²) in [6.45, 7) is 5.18. The highest BCUT2D eigenvalue weighted by atomic mass is 35.5. The number of carbonyl (C=O) groups is 2. The lowest BCUT2D eigenvalue weighted by molar-refractivity contribution is -0.139. The number of hydrogen-bond donors (Lipinski definition) is 0. The van der Waals surface area contributed by atoms with Crippen LogP contribution in [-0.4, -0.2) is 77.0 Å². The van der Waals surface area contributed by atoms with Crippen molar-refractivity contribution in [2.24, 2.45) is 0 Å². The van der Waals surface area contributed by atoms with Crippen LogP contribution in [0.25, 0.3) is 11.3 Å². The van der Waals surface area contributed by atoms with Gasteiger partial charge in [-0.25, -0.2) is 0 Å². The number of amides is 2. The summed E-state index contributed by atoms with van der Waals surface area (Å²) in [5.41, 5.74) is 2.03. The number of aryl methyl sites for hydroxylation is 2. The molecule has 2 aliphatic heterocycles. The number of rotatable bonds is 4. The molecule has 0 aliphatic carbocycles. The van der Waals surface area contributed by atoms with Crippen molar-refractivity contribution in [1.29, 1.82) is 0 Å². The summed E-state index contributed by atoms with van der Waals surface area (Å²) in [5.74, 6) is -0.757. The molecule has 0 spiro atoms. The topological polar surface area (TPSA) is 101 Å². The highest BCUT2D eigenvalue weighted by Crippen LogP contribution is 2.43. The van der Waals surface area contributed by atoms with E-state index in [-0.39, 0.29) is 56.5 Å². The molecule has 0 unspecified atom stereocenters. The molecular formula is C40H36Cl2F6N8O2. The van der Waals surface area contributed by atoms with Crippen LogP contribution in [-0.2, 0) is 12.4 Å². The molecule has 2 saturated heterocycles. The zero-order chi connectivity index (χ0) is 41.5. The predicted molar refractivity (Wildman–Crippen MR) is 204 cm³/mol. The summed E-state index contributed by atoms with van der Waals surface area (Å²) in [7, 11) is 0. The quantitative estimate of drug-likeness (QED) is 0.164. The summed E-state index contributed by atoms with van der Waals surface area (Å²) in [5, 5.41) is 16.0. The molecule has 4 aromatic heterocycles. The molecule has 0 atom stereocenters. The second kappa shape index (κ2) is 16.2. The minimum atomic E-state index is -4.51. The highest BCUT2D eigenvalue weighted by Gasteiger charge is 2.39. The largest absolute Gasteiger partial charge is 0.418 e. The molecule has 2 aromatic carbocycles. The van der Waals surface area contributed by atoms with Gasteiger partial charge in [-0.2, -0.15) is 26.3 Å². The number of fused-ring (bicyclic) bond motifs is 2. The fourth-order valence-corrected chi connectivity index (χ4v) is 8.13. The SMILES string of the molecule is Cc1ccc2nnc(C(=O)N3CCC(c4cc(Cl)ccc4C(F)(F)F)CC3)n2c1.Cc1ccc2nnc(C(=O)N3CCC(c4cccc(Cl)c4C(F)(F)F)CC3)n2c1. The van der Waals surface area contributed by atoms with Crippen LogP contribution in [0.3, 0.4) is 0 Å². The van der Waals surface area contributed by atoms with Crippen molar-refractivity contribution in [1.82, 2.24) is 39.0 Å². The van der Waals surface area contributed by atoms with Gasteiger partial charge in [0, 0.05) is 43.6 Å². The van der Waals surface area contributed by atoms with E-state index in [2.05, 4.69) is 20.4 Å². The molecule has 2 aliphatic rings. The van der Waals surface area contributed by atoms with Gasteiger partial charge in [0.05, 0.1) is 16.1 Å². The van der Waals surface area contributed by atoms with Crippen molar-refractivity contribution in [3.05, 3.63) is 128 Å². The lowest BCUT2D eigenvalue weighted by Gasteiger charge is -2.33. The van der Waals surface area contributed by atoms with Crippen molar-refractivity contribution in [2.45, 2.75) is 63.7 Å². The van der Waals surface area contributed by atoms with E-state index >= 15 is 0 Å². The minimum absolute atomic E-state index is 0.195. The Morgan fingerprint density at radius 1 is 0.621 bits per heavy atom. The van der Waals surface area contributed by atoms with E-state index in [4.69, 9.17) is 23.2 Å². The molecule has 0 saturated carbocycles. The van der Waals surface area contributed by atoms with Gasteiger partial charge in [0.25, 0.3) is 11.8 Å². The number of halogens is 8. The molecule has 6 aromatic rings. The van der Waals surface area contributed by atoms with Gasteiger partial charge in [-0.05, 0) is 110 Å². The zero-order valence-corrected chi connectivity index (χ0v) is 32.7. The fraction of sp³-hybridized carbons (Fsp3) is 0.350. The molecule has 2 fully saturated rings. The van der Waals surface area contributed by atoms with Crippen LogP contribution in [0.15, 0.2) is 73.1 Å². The van der Waals surface area contributed by atoms with Gasteiger partial charge in [0.15, 0.2) is 11.3 Å². The molecule has 0 N–H and O–H groups in total. The average Bonchev–Trinajstić information content (AvgIpc) is 3.80. The van der Waals surface area contributed by atoms with Gasteiger partial charge in [-0.3, -0.25) is 18.4 Å². The maximum Gasteiger partial charge on any atom is 0.418 e. The smallest absolute Gasteiger partial charge is 0.336 e. The van der Waals surface area contributed by atoms with E-state index in [1.807, 2.05) is 26.0 Å². The first-order chi connectivity index (χ1) is 27.5. The van der Waals surface area contributed by atoms with Crippen LogP contribution in [0, 0.1) is 13.8 Å². The summed E-state index contributed by atoms with van der Waals surface area (Å²) < 4.78 is 83.8. The second-order valence-corrected chi connectivity index (χ2v) is 15.3. The van der Waals surface area contributed by atoms with Gasteiger partial charge < -0.3 is 9.80 Å². The Bertz CT molecular complexity index is 2380. The van der Waals surface area contributed by atoms with Crippen molar-refractivity contribution in [3.8, 4) is 0 Å². The van der Waals surface area contributed by atoms with Crippen molar-refractivity contribution in [2.75, 3.05) is 26.2 Å². The summed E-state index contributed by atoms with van der Waals surface area (Å²) in [4.78, 5) is 29.1. The van der Waals surface area contributed by atoms with Gasteiger partial charge in [0.1, 0.15) is 0 Å². The molecule has 18 heteroatoms. The third kappa shape index (κ3) is 8.48. The van der Waals surface area contributed by atoms with Crippen molar-refractivity contribution >= 4 is 46.3 Å². The number of benzene rings is 2. The van der Waals surface area contributed by atoms with E-state index in [0.29, 0.717) is 63.2 Å². The van der Waals surface area contributed by atoms with Crippen LogP contribution in [0.1, 0.15) is 92.1 Å². The summed E-state index contributed by atoms with van der Waals surface area (Å²) >= 11 is 11.8. The second-order valence-electron chi connectivity index (χ2n) is 14.5. The normalized spacial score (nSPS) is 15.8. The number of carbonyl (C=O) groups excluding carboxylic acids is 2. The van der Waals surface area contributed by atoms with Gasteiger partial charge in [-0.15, -0.1) is 20.4 Å². The van der Waals surface area contributed by atoms with Crippen LogP contribution >= 0.6 is 23.2 Å². The van der Waals surface area contributed by atoms with Crippen LogP contribution in [0.4, 0.5) is 26.3 Å². The van der Waals surface area contributed by atoms with E-state index < -0.39 is 23.5 Å². The van der Waals surface area contributed by atoms with Crippen molar-refractivity contribution < 1.29 is 35.9 Å². The molecule has 0 bridgehead atoms. The Morgan fingerprint density at radius 2 is 1.10 bits per heavy atom. The predicted octanol–water partition coefficient (Wildman–Crippen LogP) is 9.46. The van der Waals surface area contributed by atoms with Crippen LogP contribution in [0.5, 0.6) is 0 Å². The van der Waals surface area contributed by atoms with Gasteiger partial charge in [-0.1, -0.05) is 47.5 Å². The van der Waals surface area contributed by atoms with E-state index in [1.54, 1.807) is 43.1 Å². The Hall–Kier alpha value is -5.22. The standard InChI is InChI=1S/2C20H18ClF3N4O/c1-12-2-5-17-25-26-18(28(17)11-12)19(29)27-8-6-13(7-9-27)15-10-14(21)3-4-16(15)20(22,23)24;1-12-5-6-16-25-26-18(28(16)11-12)19(29)27-9-7-13(8-10-27)14-3-2-4-15(21)17(14)20(22,23)24/h2-5,10-11,13H,6-9H2,1H3;2-6,11,13H,7-10H2,1H3. The Labute approximate surface area is 338 Å².